The molecule has 0 saturated carbocycles. The Morgan fingerprint density at radius 1 is 1.47 bits per heavy atom. The van der Waals surface area contributed by atoms with Crippen molar-refractivity contribution in [3.8, 4) is 0 Å². The van der Waals surface area contributed by atoms with Gasteiger partial charge in [0.25, 0.3) is 0 Å². The number of aromatic nitrogens is 1. The summed E-state index contributed by atoms with van der Waals surface area (Å²) in [7, 11) is 0. The third-order valence-electron chi connectivity index (χ3n) is 3.60. The van der Waals surface area contributed by atoms with Crippen molar-refractivity contribution in [2.24, 2.45) is 0 Å². The zero-order chi connectivity index (χ0) is 13.7. The molecular weight excluding hydrogens is 242 g/mol. The number of unbranched alkanes of at least 4 members (excludes halogenated alkanes) is 1. The SMILES string of the molecule is CCCCOC(=O)Cn1cc2c(c1)C(O)CCCC2. The predicted octanol–water partition coefficient (Wildman–Crippen LogP) is 2.59. The lowest BCUT2D eigenvalue weighted by atomic mass is 10.1. The summed E-state index contributed by atoms with van der Waals surface area (Å²) in [5.74, 6) is -0.201. The van der Waals surface area contributed by atoms with Gasteiger partial charge in [0, 0.05) is 18.0 Å². The number of aliphatic hydroxyl groups excluding tert-OH is 1. The lowest BCUT2D eigenvalue weighted by Crippen LogP contribution is -2.13. The van der Waals surface area contributed by atoms with Crippen molar-refractivity contribution < 1.29 is 14.6 Å². The summed E-state index contributed by atoms with van der Waals surface area (Å²) >= 11 is 0. The van der Waals surface area contributed by atoms with E-state index in [0.29, 0.717) is 6.61 Å². The molecule has 0 amide bonds. The van der Waals surface area contributed by atoms with Crippen LogP contribution in [0.5, 0.6) is 0 Å². The minimum Gasteiger partial charge on any atom is -0.464 e. The predicted molar refractivity (Wildman–Crippen MR) is 72.8 cm³/mol. The molecule has 1 heterocycles. The number of hydrogen-bond acceptors (Lipinski definition) is 3. The van der Waals surface area contributed by atoms with Crippen LogP contribution in [0.4, 0.5) is 0 Å². The van der Waals surface area contributed by atoms with Crippen LogP contribution in [-0.2, 0) is 22.5 Å². The van der Waals surface area contributed by atoms with E-state index in [1.807, 2.05) is 17.0 Å². The summed E-state index contributed by atoms with van der Waals surface area (Å²) in [4.78, 5) is 11.6. The molecule has 1 aromatic rings. The first-order valence-electron chi connectivity index (χ1n) is 7.23. The van der Waals surface area contributed by atoms with Gasteiger partial charge in [-0.25, -0.2) is 0 Å². The van der Waals surface area contributed by atoms with Crippen LogP contribution in [0.3, 0.4) is 0 Å². The zero-order valence-electron chi connectivity index (χ0n) is 11.6. The molecule has 1 aliphatic rings. The molecule has 1 aliphatic carbocycles. The molecule has 4 nitrogen and oxygen atoms in total. The molecule has 106 valence electrons. The molecule has 2 rings (SSSR count). The standard InChI is InChI=1S/C15H23NO3/c1-2-3-8-19-15(18)11-16-9-12-6-4-5-7-14(17)13(12)10-16/h9-10,14,17H,2-8,11H2,1H3. The van der Waals surface area contributed by atoms with Crippen molar-refractivity contribution >= 4 is 5.97 Å². The molecular formula is C15H23NO3. The molecule has 19 heavy (non-hydrogen) atoms. The lowest BCUT2D eigenvalue weighted by Gasteiger charge is -2.07. The first-order valence-corrected chi connectivity index (χ1v) is 7.23. The summed E-state index contributed by atoms with van der Waals surface area (Å²) in [6, 6.07) is 0. The minimum absolute atomic E-state index is 0.201. The van der Waals surface area contributed by atoms with Crippen LogP contribution in [0, 0.1) is 0 Å². The smallest absolute Gasteiger partial charge is 0.325 e. The molecule has 0 spiro atoms. The quantitative estimate of drug-likeness (QED) is 0.506. The Morgan fingerprint density at radius 2 is 2.32 bits per heavy atom. The number of nitrogens with zero attached hydrogens (tertiary/aromatic N) is 1. The van der Waals surface area contributed by atoms with Crippen LogP contribution in [0.2, 0.25) is 0 Å². The van der Waals surface area contributed by atoms with E-state index in [0.717, 1.165) is 44.1 Å². The van der Waals surface area contributed by atoms with E-state index in [2.05, 4.69) is 6.92 Å². The summed E-state index contributed by atoms with van der Waals surface area (Å²) in [5.41, 5.74) is 2.16. The minimum atomic E-state index is -0.380. The van der Waals surface area contributed by atoms with Crippen LogP contribution in [0.15, 0.2) is 12.4 Å². The molecule has 1 aromatic heterocycles. The van der Waals surface area contributed by atoms with E-state index in [1.54, 1.807) is 0 Å². The van der Waals surface area contributed by atoms with Gasteiger partial charge in [0.1, 0.15) is 6.54 Å². The maximum absolute atomic E-state index is 11.6. The highest BCUT2D eigenvalue weighted by molar-refractivity contribution is 5.69. The highest BCUT2D eigenvalue weighted by Gasteiger charge is 2.19. The highest BCUT2D eigenvalue weighted by atomic mass is 16.5. The van der Waals surface area contributed by atoms with Crippen molar-refractivity contribution in [3.63, 3.8) is 0 Å². The average molecular weight is 265 g/mol. The fourth-order valence-corrected chi connectivity index (χ4v) is 2.51. The number of carbonyl (C=O) groups is 1. The van der Waals surface area contributed by atoms with Gasteiger partial charge in [-0.2, -0.15) is 0 Å². The third-order valence-corrected chi connectivity index (χ3v) is 3.60. The molecule has 1 atom stereocenters. The van der Waals surface area contributed by atoms with Gasteiger partial charge in [-0.05, 0) is 31.2 Å². The Morgan fingerprint density at radius 3 is 3.11 bits per heavy atom. The number of aryl methyl sites for hydroxylation is 1. The number of fused-ring (bicyclic) bond motifs is 1. The molecule has 0 saturated heterocycles. The average Bonchev–Trinajstić information content (AvgIpc) is 2.70. The Bertz CT molecular complexity index is 425. The molecule has 0 aliphatic heterocycles. The van der Waals surface area contributed by atoms with Gasteiger partial charge in [0.15, 0.2) is 0 Å². The maximum atomic E-state index is 11.6. The Kier molecular flexibility index (Phi) is 5.02. The second kappa shape index (κ2) is 6.75. The number of aliphatic hydroxyl groups is 1. The van der Waals surface area contributed by atoms with E-state index in [1.165, 1.54) is 5.56 Å². The van der Waals surface area contributed by atoms with E-state index < -0.39 is 0 Å². The Balaban J connectivity index is 1.95. The van der Waals surface area contributed by atoms with Crippen molar-refractivity contribution in [1.82, 2.24) is 4.57 Å². The lowest BCUT2D eigenvalue weighted by molar-refractivity contribution is -0.144. The zero-order valence-corrected chi connectivity index (χ0v) is 11.6. The van der Waals surface area contributed by atoms with Gasteiger partial charge in [-0.1, -0.05) is 19.8 Å². The molecule has 1 unspecified atom stereocenters. The first kappa shape index (κ1) is 14.1. The van der Waals surface area contributed by atoms with Gasteiger partial charge < -0.3 is 14.4 Å². The number of esters is 1. The van der Waals surface area contributed by atoms with Gasteiger partial charge in [-0.3, -0.25) is 4.79 Å². The molecule has 0 radical (unpaired) electrons. The number of carbonyl (C=O) groups excluding carboxylic acids is 1. The monoisotopic (exact) mass is 265 g/mol. The van der Waals surface area contributed by atoms with Crippen LogP contribution in [-0.4, -0.2) is 22.2 Å². The molecule has 0 aromatic carbocycles. The van der Waals surface area contributed by atoms with E-state index in [4.69, 9.17) is 4.74 Å². The highest BCUT2D eigenvalue weighted by Crippen LogP contribution is 2.29. The van der Waals surface area contributed by atoms with Gasteiger partial charge in [0.05, 0.1) is 12.7 Å². The van der Waals surface area contributed by atoms with Crippen LogP contribution >= 0.6 is 0 Å². The summed E-state index contributed by atoms with van der Waals surface area (Å²) in [6.07, 6.45) is 9.41. The summed E-state index contributed by atoms with van der Waals surface area (Å²) in [5, 5.41) is 10.0. The fourth-order valence-electron chi connectivity index (χ4n) is 2.51. The van der Waals surface area contributed by atoms with Gasteiger partial charge in [-0.15, -0.1) is 0 Å². The second-order valence-corrected chi connectivity index (χ2v) is 5.25. The van der Waals surface area contributed by atoms with Gasteiger partial charge >= 0.3 is 5.97 Å². The largest absolute Gasteiger partial charge is 0.464 e. The Labute approximate surface area is 114 Å². The van der Waals surface area contributed by atoms with Crippen molar-refractivity contribution in [2.75, 3.05) is 6.61 Å². The molecule has 0 fully saturated rings. The molecule has 1 N–H and O–H groups in total. The van der Waals surface area contributed by atoms with Crippen LogP contribution in [0.1, 0.15) is 56.3 Å². The van der Waals surface area contributed by atoms with E-state index in [9.17, 15) is 9.90 Å². The van der Waals surface area contributed by atoms with Gasteiger partial charge in [0.2, 0.25) is 0 Å². The maximum Gasteiger partial charge on any atom is 0.325 e. The van der Waals surface area contributed by atoms with Crippen LogP contribution < -0.4 is 0 Å². The van der Waals surface area contributed by atoms with Crippen molar-refractivity contribution in [3.05, 3.63) is 23.5 Å². The number of hydrogen-bond donors (Lipinski definition) is 1. The van der Waals surface area contributed by atoms with Crippen molar-refractivity contribution in [2.45, 2.75) is 58.1 Å². The summed E-state index contributed by atoms with van der Waals surface area (Å²) in [6.45, 7) is 2.81. The Hall–Kier alpha value is -1.29. The molecule has 4 heteroatoms. The number of ether oxygens (including phenoxy) is 1. The third kappa shape index (κ3) is 3.83. The second-order valence-electron chi connectivity index (χ2n) is 5.25. The van der Waals surface area contributed by atoms with Crippen molar-refractivity contribution in [1.29, 1.82) is 0 Å². The van der Waals surface area contributed by atoms with E-state index in [-0.39, 0.29) is 18.6 Å². The first-order chi connectivity index (χ1) is 9.20. The number of rotatable bonds is 5. The van der Waals surface area contributed by atoms with Crippen LogP contribution in [0.25, 0.3) is 0 Å². The molecule has 0 bridgehead atoms. The fraction of sp³-hybridized carbons (Fsp3) is 0.667. The normalized spacial score (nSPS) is 18.7. The van der Waals surface area contributed by atoms with E-state index >= 15 is 0 Å². The summed E-state index contributed by atoms with van der Waals surface area (Å²) < 4.78 is 6.99. The topological polar surface area (TPSA) is 51.5 Å².